The van der Waals surface area contributed by atoms with Gasteiger partial charge in [0.2, 0.25) is 5.91 Å². The highest BCUT2D eigenvalue weighted by atomic mass is 32.1. The summed E-state index contributed by atoms with van der Waals surface area (Å²) in [6.45, 7) is 3.67. The van der Waals surface area contributed by atoms with Crippen molar-refractivity contribution in [3.63, 3.8) is 0 Å². The van der Waals surface area contributed by atoms with Gasteiger partial charge in [-0.15, -0.1) is 11.3 Å². The molecule has 0 aromatic carbocycles. The number of thiophene rings is 1. The molecule has 0 unspecified atom stereocenters. The number of amides is 1. The summed E-state index contributed by atoms with van der Waals surface area (Å²) in [4.78, 5) is 14.5. The number of likely N-dealkylation sites (N-methyl/N-ethyl adjacent to an activating group) is 1. The Morgan fingerprint density at radius 1 is 1.60 bits per heavy atom. The molecule has 0 saturated carbocycles. The van der Waals surface area contributed by atoms with Crippen LogP contribution >= 0.6 is 11.3 Å². The minimum absolute atomic E-state index is 0.0281. The summed E-state index contributed by atoms with van der Waals surface area (Å²) < 4.78 is 0. The zero-order valence-corrected chi connectivity index (χ0v) is 10.2. The fourth-order valence-electron chi connectivity index (χ4n) is 1.12. The van der Waals surface area contributed by atoms with Gasteiger partial charge in [-0.05, 0) is 25.3 Å². The van der Waals surface area contributed by atoms with Crippen molar-refractivity contribution in [3.8, 4) is 0 Å². The first-order valence-electron chi connectivity index (χ1n) is 4.87. The molecule has 0 atom stereocenters. The maximum absolute atomic E-state index is 11.8. The van der Waals surface area contributed by atoms with Gasteiger partial charge in [0, 0.05) is 11.9 Å². The number of carbonyl (C=O) groups is 1. The van der Waals surface area contributed by atoms with Crippen LogP contribution in [0.2, 0.25) is 0 Å². The van der Waals surface area contributed by atoms with Crippen molar-refractivity contribution in [3.05, 3.63) is 22.4 Å². The number of rotatable bonds is 4. The molecule has 1 amide bonds. The number of aliphatic hydroxyl groups is 1. The molecule has 84 valence electrons. The Hall–Kier alpha value is -0.870. The lowest BCUT2D eigenvalue weighted by Gasteiger charge is -2.33. The van der Waals surface area contributed by atoms with Crippen LogP contribution in [0.1, 0.15) is 18.7 Å². The van der Waals surface area contributed by atoms with Gasteiger partial charge < -0.3 is 10.0 Å². The standard InChI is InChI=1S/C11H17NO2S/c1-11(2,8-13)12(3)10(14)7-9-5-4-6-15-9/h4-6,13H,7-8H2,1-3H3. The third-order valence-electron chi connectivity index (χ3n) is 2.57. The first-order valence-corrected chi connectivity index (χ1v) is 5.75. The number of hydrogen-bond acceptors (Lipinski definition) is 3. The molecule has 0 saturated heterocycles. The molecule has 1 heterocycles. The van der Waals surface area contributed by atoms with Crippen LogP contribution in [0.15, 0.2) is 17.5 Å². The van der Waals surface area contributed by atoms with Gasteiger partial charge >= 0.3 is 0 Å². The van der Waals surface area contributed by atoms with Gasteiger partial charge in [0.15, 0.2) is 0 Å². The number of carbonyl (C=O) groups excluding carboxylic acids is 1. The zero-order chi connectivity index (χ0) is 11.5. The van der Waals surface area contributed by atoms with Gasteiger partial charge in [-0.2, -0.15) is 0 Å². The van der Waals surface area contributed by atoms with E-state index >= 15 is 0 Å². The molecule has 0 radical (unpaired) electrons. The highest BCUT2D eigenvalue weighted by molar-refractivity contribution is 7.10. The fraction of sp³-hybridized carbons (Fsp3) is 0.545. The molecule has 1 N–H and O–H groups in total. The molecule has 0 aliphatic heterocycles. The molecule has 0 spiro atoms. The fourth-order valence-corrected chi connectivity index (χ4v) is 1.82. The highest BCUT2D eigenvalue weighted by Crippen LogP contribution is 2.15. The van der Waals surface area contributed by atoms with Crippen LogP contribution in [0.4, 0.5) is 0 Å². The molecular weight excluding hydrogens is 210 g/mol. The van der Waals surface area contributed by atoms with Crippen molar-refractivity contribution in [2.75, 3.05) is 13.7 Å². The largest absolute Gasteiger partial charge is 0.394 e. The van der Waals surface area contributed by atoms with Crippen LogP contribution < -0.4 is 0 Å². The van der Waals surface area contributed by atoms with Gasteiger partial charge in [-0.1, -0.05) is 6.07 Å². The van der Waals surface area contributed by atoms with Crippen molar-refractivity contribution >= 4 is 17.2 Å². The second-order valence-electron chi connectivity index (χ2n) is 4.18. The predicted octanol–water partition coefficient (Wildman–Crippen LogP) is 1.52. The van der Waals surface area contributed by atoms with E-state index in [0.29, 0.717) is 6.42 Å². The monoisotopic (exact) mass is 227 g/mol. The molecule has 3 nitrogen and oxygen atoms in total. The Balaban J connectivity index is 2.62. The lowest BCUT2D eigenvalue weighted by Crippen LogP contribution is -2.48. The molecule has 0 aliphatic rings. The van der Waals surface area contributed by atoms with Gasteiger partial charge in [0.25, 0.3) is 0 Å². The molecule has 0 aliphatic carbocycles. The number of hydrogen-bond donors (Lipinski definition) is 1. The van der Waals surface area contributed by atoms with Crippen molar-refractivity contribution in [1.82, 2.24) is 4.90 Å². The van der Waals surface area contributed by atoms with E-state index in [1.807, 2.05) is 31.4 Å². The van der Waals surface area contributed by atoms with E-state index in [0.717, 1.165) is 4.88 Å². The molecule has 15 heavy (non-hydrogen) atoms. The Bertz CT molecular complexity index is 319. The predicted molar refractivity (Wildman–Crippen MR) is 62.0 cm³/mol. The summed E-state index contributed by atoms with van der Waals surface area (Å²) in [5.74, 6) is 0.0384. The van der Waals surface area contributed by atoms with E-state index in [1.54, 1.807) is 23.3 Å². The topological polar surface area (TPSA) is 40.5 Å². The summed E-state index contributed by atoms with van der Waals surface area (Å²) in [7, 11) is 1.73. The molecule has 1 rings (SSSR count). The maximum Gasteiger partial charge on any atom is 0.228 e. The molecule has 1 aromatic heterocycles. The van der Waals surface area contributed by atoms with E-state index < -0.39 is 5.54 Å². The third-order valence-corrected chi connectivity index (χ3v) is 3.45. The lowest BCUT2D eigenvalue weighted by atomic mass is 10.0. The average Bonchev–Trinajstić information content (AvgIpc) is 2.69. The average molecular weight is 227 g/mol. The Kier molecular flexibility index (Phi) is 3.88. The molecule has 0 fully saturated rings. The van der Waals surface area contributed by atoms with Crippen LogP contribution in [-0.2, 0) is 11.2 Å². The zero-order valence-electron chi connectivity index (χ0n) is 9.36. The third kappa shape index (κ3) is 3.04. The summed E-state index contributed by atoms with van der Waals surface area (Å²) in [6, 6.07) is 3.88. The Morgan fingerprint density at radius 2 is 2.27 bits per heavy atom. The minimum atomic E-state index is -0.492. The summed E-state index contributed by atoms with van der Waals surface area (Å²) in [6.07, 6.45) is 0.414. The van der Waals surface area contributed by atoms with Gasteiger partial charge in [0.05, 0.1) is 18.6 Å². The molecular formula is C11H17NO2S. The summed E-state index contributed by atoms with van der Waals surface area (Å²) in [5, 5.41) is 11.1. The van der Waals surface area contributed by atoms with Gasteiger partial charge in [0.1, 0.15) is 0 Å². The minimum Gasteiger partial charge on any atom is -0.394 e. The Morgan fingerprint density at radius 3 is 2.73 bits per heavy atom. The smallest absolute Gasteiger partial charge is 0.228 e. The van der Waals surface area contributed by atoms with E-state index in [9.17, 15) is 4.79 Å². The number of aliphatic hydroxyl groups excluding tert-OH is 1. The van der Waals surface area contributed by atoms with E-state index in [4.69, 9.17) is 5.11 Å². The molecule has 0 bridgehead atoms. The van der Waals surface area contributed by atoms with Crippen molar-refractivity contribution < 1.29 is 9.90 Å². The first-order chi connectivity index (χ1) is 6.97. The van der Waals surface area contributed by atoms with Crippen LogP contribution in [0, 0.1) is 0 Å². The van der Waals surface area contributed by atoms with E-state index in [-0.39, 0.29) is 12.5 Å². The second-order valence-corrected chi connectivity index (χ2v) is 5.21. The van der Waals surface area contributed by atoms with Crippen molar-refractivity contribution in [2.45, 2.75) is 25.8 Å². The van der Waals surface area contributed by atoms with Crippen LogP contribution in [-0.4, -0.2) is 35.1 Å². The molecule has 1 aromatic rings. The Labute approximate surface area is 94.3 Å². The first kappa shape index (κ1) is 12.2. The number of nitrogens with zero attached hydrogens (tertiary/aromatic N) is 1. The summed E-state index contributed by atoms with van der Waals surface area (Å²) >= 11 is 1.58. The van der Waals surface area contributed by atoms with Gasteiger partial charge in [-0.25, -0.2) is 0 Å². The molecule has 4 heteroatoms. The normalized spacial score (nSPS) is 11.5. The quantitative estimate of drug-likeness (QED) is 0.847. The van der Waals surface area contributed by atoms with E-state index in [2.05, 4.69) is 0 Å². The highest BCUT2D eigenvalue weighted by Gasteiger charge is 2.26. The van der Waals surface area contributed by atoms with Crippen molar-refractivity contribution in [1.29, 1.82) is 0 Å². The van der Waals surface area contributed by atoms with Crippen LogP contribution in [0.3, 0.4) is 0 Å². The lowest BCUT2D eigenvalue weighted by molar-refractivity contribution is -0.135. The van der Waals surface area contributed by atoms with Crippen LogP contribution in [0.25, 0.3) is 0 Å². The SMILES string of the molecule is CN(C(=O)Cc1cccs1)C(C)(C)CO. The van der Waals surface area contributed by atoms with Crippen molar-refractivity contribution in [2.24, 2.45) is 0 Å². The van der Waals surface area contributed by atoms with E-state index in [1.165, 1.54) is 0 Å². The second kappa shape index (κ2) is 4.77. The van der Waals surface area contributed by atoms with Gasteiger partial charge in [-0.3, -0.25) is 4.79 Å². The maximum atomic E-state index is 11.8. The van der Waals surface area contributed by atoms with Crippen LogP contribution in [0.5, 0.6) is 0 Å². The summed E-state index contributed by atoms with van der Waals surface area (Å²) in [5.41, 5.74) is -0.492.